The molecule has 0 bridgehead atoms. The molecule has 6 nitrogen and oxygen atoms in total. The molecule has 4 rings (SSSR count). The summed E-state index contributed by atoms with van der Waals surface area (Å²) < 4.78 is 1.92. The van der Waals surface area contributed by atoms with Crippen molar-refractivity contribution in [3.63, 3.8) is 0 Å². The molecule has 0 aliphatic carbocycles. The van der Waals surface area contributed by atoms with Crippen molar-refractivity contribution in [1.82, 2.24) is 9.47 Å². The maximum atomic E-state index is 13.2. The van der Waals surface area contributed by atoms with Crippen molar-refractivity contribution < 1.29 is 14.7 Å². The number of hydrogen-bond acceptors (Lipinski definition) is 4. The molecular weight excluding hydrogens is 434 g/mol. The van der Waals surface area contributed by atoms with E-state index in [4.69, 9.17) is 4.99 Å². The summed E-state index contributed by atoms with van der Waals surface area (Å²) in [5.41, 5.74) is 4.29. The minimum Gasteiger partial charge on any atom is -0.478 e. The molecular formula is C26H25N3O3S. The molecule has 1 saturated heterocycles. The van der Waals surface area contributed by atoms with Gasteiger partial charge in [0.2, 0.25) is 0 Å². The Morgan fingerprint density at radius 3 is 2.48 bits per heavy atom. The van der Waals surface area contributed by atoms with Crippen LogP contribution in [-0.4, -0.2) is 38.2 Å². The molecule has 2 heterocycles. The number of carbonyl (C=O) groups excluding carboxylic acids is 1. The fourth-order valence-electron chi connectivity index (χ4n) is 3.92. The molecule has 1 amide bonds. The molecule has 0 atom stereocenters. The number of aromatic carboxylic acids is 1. The quantitative estimate of drug-likeness (QED) is 0.472. The van der Waals surface area contributed by atoms with E-state index in [-0.39, 0.29) is 11.5 Å². The van der Waals surface area contributed by atoms with Crippen LogP contribution in [0, 0.1) is 13.8 Å². The number of aryl methyl sites for hydroxylation is 1. The van der Waals surface area contributed by atoms with Gasteiger partial charge in [-0.05, 0) is 74.0 Å². The standard InChI is InChI=1S/C26H25N3O3S/c1-4-14-28-24(30)23(33-26(28)27-20-10-6-5-7-11-20)16-19-15-17(2)29(18(19)3)22-13-9-8-12-21(22)25(31)32/h5-13,15-16H,4,14H2,1-3H3,(H,31,32)/b23-16-,27-26?. The fourth-order valence-corrected chi connectivity index (χ4v) is 4.94. The average molecular weight is 460 g/mol. The summed E-state index contributed by atoms with van der Waals surface area (Å²) in [6.45, 7) is 6.50. The van der Waals surface area contributed by atoms with Crippen molar-refractivity contribution in [2.75, 3.05) is 6.54 Å². The van der Waals surface area contributed by atoms with Crippen LogP contribution in [0.5, 0.6) is 0 Å². The van der Waals surface area contributed by atoms with Crippen LogP contribution in [0.3, 0.4) is 0 Å². The Hall–Kier alpha value is -3.58. The van der Waals surface area contributed by atoms with E-state index < -0.39 is 5.97 Å². The first-order valence-electron chi connectivity index (χ1n) is 10.8. The molecule has 1 fully saturated rings. The lowest BCUT2D eigenvalue weighted by atomic mass is 10.1. The zero-order valence-electron chi connectivity index (χ0n) is 18.8. The van der Waals surface area contributed by atoms with Crippen LogP contribution in [0.1, 0.15) is 40.7 Å². The van der Waals surface area contributed by atoms with Gasteiger partial charge in [-0.25, -0.2) is 9.79 Å². The molecule has 2 aromatic carbocycles. The maximum absolute atomic E-state index is 13.2. The molecule has 0 spiro atoms. The van der Waals surface area contributed by atoms with E-state index >= 15 is 0 Å². The van der Waals surface area contributed by atoms with Crippen LogP contribution in [0.25, 0.3) is 11.8 Å². The number of para-hydroxylation sites is 2. The van der Waals surface area contributed by atoms with Crippen molar-refractivity contribution in [1.29, 1.82) is 0 Å². The first kappa shape index (κ1) is 22.6. The number of rotatable bonds is 6. The van der Waals surface area contributed by atoms with Gasteiger partial charge >= 0.3 is 5.97 Å². The summed E-state index contributed by atoms with van der Waals surface area (Å²) >= 11 is 1.37. The molecule has 1 N–H and O–H groups in total. The van der Waals surface area contributed by atoms with Gasteiger partial charge in [0.25, 0.3) is 5.91 Å². The van der Waals surface area contributed by atoms with Crippen molar-refractivity contribution in [3.05, 3.63) is 88.1 Å². The van der Waals surface area contributed by atoms with E-state index in [2.05, 4.69) is 0 Å². The van der Waals surface area contributed by atoms with E-state index in [9.17, 15) is 14.7 Å². The lowest BCUT2D eigenvalue weighted by Gasteiger charge is -2.13. The summed E-state index contributed by atoms with van der Waals surface area (Å²) in [7, 11) is 0. The number of hydrogen-bond donors (Lipinski definition) is 1. The fraction of sp³-hybridized carbons (Fsp3) is 0.192. The molecule has 168 valence electrons. The van der Waals surface area contributed by atoms with Crippen LogP contribution < -0.4 is 0 Å². The summed E-state index contributed by atoms with van der Waals surface area (Å²) in [5, 5.41) is 10.3. The minimum atomic E-state index is -0.975. The number of carboxylic acid groups (broad SMARTS) is 1. The monoisotopic (exact) mass is 459 g/mol. The molecule has 3 aromatic rings. The predicted octanol–water partition coefficient (Wildman–Crippen LogP) is 5.81. The third kappa shape index (κ3) is 4.50. The molecule has 33 heavy (non-hydrogen) atoms. The maximum Gasteiger partial charge on any atom is 0.337 e. The van der Waals surface area contributed by atoms with E-state index in [1.54, 1.807) is 23.1 Å². The third-order valence-electron chi connectivity index (χ3n) is 5.45. The van der Waals surface area contributed by atoms with E-state index in [0.29, 0.717) is 22.3 Å². The van der Waals surface area contributed by atoms with Crippen LogP contribution in [0.4, 0.5) is 5.69 Å². The van der Waals surface area contributed by atoms with Crippen molar-refractivity contribution in [3.8, 4) is 5.69 Å². The van der Waals surface area contributed by atoms with Gasteiger partial charge in [-0.3, -0.25) is 9.69 Å². The topological polar surface area (TPSA) is 74.9 Å². The highest BCUT2D eigenvalue weighted by Gasteiger charge is 2.33. The minimum absolute atomic E-state index is 0.0627. The van der Waals surface area contributed by atoms with Crippen LogP contribution in [0.15, 0.2) is 70.6 Å². The van der Waals surface area contributed by atoms with Gasteiger partial charge in [0, 0.05) is 17.9 Å². The van der Waals surface area contributed by atoms with Gasteiger partial charge in [-0.1, -0.05) is 37.3 Å². The normalized spacial score (nSPS) is 16.2. The Morgan fingerprint density at radius 1 is 1.09 bits per heavy atom. The number of aliphatic imine (C=N–C) groups is 1. The molecule has 0 saturated carbocycles. The number of amides is 1. The highest BCUT2D eigenvalue weighted by Crippen LogP contribution is 2.35. The van der Waals surface area contributed by atoms with Crippen molar-refractivity contribution in [2.24, 2.45) is 4.99 Å². The second-order valence-corrected chi connectivity index (χ2v) is 8.79. The van der Waals surface area contributed by atoms with Gasteiger partial charge in [0.05, 0.1) is 21.8 Å². The first-order valence-corrected chi connectivity index (χ1v) is 11.6. The van der Waals surface area contributed by atoms with Gasteiger partial charge in [-0.15, -0.1) is 0 Å². The number of aromatic nitrogens is 1. The Kier molecular flexibility index (Phi) is 6.51. The Balaban J connectivity index is 1.74. The van der Waals surface area contributed by atoms with E-state index in [1.807, 2.05) is 73.9 Å². The summed E-state index contributed by atoms with van der Waals surface area (Å²) in [6, 6.07) is 18.5. The zero-order chi connectivity index (χ0) is 23.5. The van der Waals surface area contributed by atoms with Gasteiger partial charge < -0.3 is 9.67 Å². The summed E-state index contributed by atoms with van der Waals surface area (Å²) in [5.74, 6) is -1.04. The Labute approximate surface area is 197 Å². The number of benzene rings is 2. The van der Waals surface area contributed by atoms with Crippen LogP contribution in [0.2, 0.25) is 0 Å². The van der Waals surface area contributed by atoms with Crippen molar-refractivity contribution in [2.45, 2.75) is 27.2 Å². The average Bonchev–Trinajstić information content (AvgIpc) is 3.24. The lowest BCUT2D eigenvalue weighted by molar-refractivity contribution is -0.122. The highest BCUT2D eigenvalue weighted by molar-refractivity contribution is 8.18. The highest BCUT2D eigenvalue weighted by atomic mass is 32.2. The van der Waals surface area contributed by atoms with Gasteiger partial charge in [0.1, 0.15) is 0 Å². The van der Waals surface area contributed by atoms with Crippen molar-refractivity contribution >= 4 is 40.6 Å². The van der Waals surface area contributed by atoms with Crippen LogP contribution in [-0.2, 0) is 4.79 Å². The largest absolute Gasteiger partial charge is 0.478 e. The number of amidine groups is 1. The third-order valence-corrected chi connectivity index (χ3v) is 6.46. The number of thioether (sulfide) groups is 1. The molecule has 0 unspecified atom stereocenters. The number of nitrogens with zero attached hydrogens (tertiary/aromatic N) is 3. The molecule has 1 aliphatic rings. The van der Waals surface area contributed by atoms with Gasteiger partial charge in [-0.2, -0.15) is 0 Å². The Bertz CT molecular complexity index is 1280. The van der Waals surface area contributed by atoms with Gasteiger partial charge in [0.15, 0.2) is 5.17 Å². The number of carboxylic acids is 1. The SMILES string of the molecule is CCCN1C(=O)/C(=C/c2cc(C)n(-c3ccccc3C(=O)O)c2C)SC1=Nc1ccccc1. The van der Waals surface area contributed by atoms with Crippen LogP contribution >= 0.6 is 11.8 Å². The smallest absolute Gasteiger partial charge is 0.337 e. The number of carbonyl (C=O) groups is 2. The zero-order valence-corrected chi connectivity index (χ0v) is 19.6. The van der Waals surface area contributed by atoms with E-state index in [0.717, 1.165) is 29.1 Å². The van der Waals surface area contributed by atoms with E-state index in [1.165, 1.54) is 11.8 Å². The predicted molar refractivity (Wildman–Crippen MR) is 133 cm³/mol. The Morgan fingerprint density at radius 2 is 1.79 bits per heavy atom. The first-order chi connectivity index (χ1) is 15.9. The lowest BCUT2D eigenvalue weighted by Crippen LogP contribution is -2.29. The molecule has 7 heteroatoms. The second kappa shape index (κ2) is 9.50. The summed E-state index contributed by atoms with van der Waals surface area (Å²) in [4.78, 5) is 32.0. The molecule has 1 aromatic heterocycles. The molecule has 1 aliphatic heterocycles. The second-order valence-electron chi connectivity index (χ2n) is 7.78. The summed E-state index contributed by atoms with van der Waals surface area (Å²) in [6.07, 6.45) is 2.71. The molecule has 0 radical (unpaired) electrons.